The fraction of sp³-hybridized carbons (Fsp3) is 0.357. The van der Waals surface area contributed by atoms with Gasteiger partial charge in [-0.2, -0.15) is 0 Å². The summed E-state index contributed by atoms with van der Waals surface area (Å²) in [7, 11) is 1.25. The Morgan fingerprint density at radius 1 is 1.05 bits per heavy atom. The zero-order valence-electron chi connectivity index (χ0n) is 21.7. The second kappa shape index (κ2) is 13.8. The molecule has 0 aromatic heterocycles. The first kappa shape index (κ1) is 28.9. The predicted octanol–water partition coefficient (Wildman–Crippen LogP) is 4.65. The van der Waals surface area contributed by atoms with Gasteiger partial charge in [-0.15, -0.1) is 11.8 Å². The third-order valence-electron chi connectivity index (χ3n) is 6.18. The van der Waals surface area contributed by atoms with Crippen LogP contribution in [0.5, 0.6) is 0 Å². The number of nitro benzene ring substituents is 1. The van der Waals surface area contributed by atoms with E-state index in [1.807, 2.05) is 12.1 Å². The van der Waals surface area contributed by atoms with Crippen LogP contribution in [-0.2, 0) is 25.5 Å². The molecule has 0 aliphatic carbocycles. The number of dihydropyridines is 1. The number of hydrogen-bond donors (Lipinski definition) is 2. The number of non-ortho nitro benzene ring substituents is 1. The number of nitrogens with zero attached hydrogens (tertiary/aromatic N) is 1. The fourth-order valence-electron chi connectivity index (χ4n) is 4.36. The average molecular weight is 541 g/mol. The van der Waals surface area contributed by atoms with Crippen LogP contribution in [0, 0.1) is 10.1 Å². The summed E-state index contributed by atoms with van der Waals surface area (Å²) in [4.78, 5) is 37.9. The number of nitro groups is 1. The Kier molecular flexibility index (Phi) is 10.5. The highest BCUT2D eigenvalue weighted by Crippen LogP contribution is 2.40. The maximum Gasteiger partial charge on any atom is 0.336 e. The van der Waals surface area contributed by atoms with Crippen molar-refractivity contribution < 1.29 is 29.1 Å². The molecule has 0 saturated carbocycles. The van der Waals surface area contributed by atoms with Crippen LogP contribution >= 0.6 is 11.8 Å². The van der Waals surface area contributed by atoms with E-state index in [1.54, 1.807) is 31.7 Å². The highest BCUT2D eigenvalue weighted by Gasteiger charge is 2.38. The Morgan fingerprint density at radius 3 is 2.37 bits per heavy atom. The summed E-state index contributed by atoms with van der Waals surface area (Å²) in [5.74, 6) is -1.61. The molecule has 0 fully saturated rings. The first-order valence-electron chi connectivity index (χ1n) is 12.3. The molecule has 1 aliphatic heterocycles. The van der Waals surface area contributed by atoms with Gasteiger partial charge in [0.1, 0.15) is 6.61 Å². The number of methoxy groups -OCH3 is 1. The maximum absolute atomic E-state index is 13.3. The van der Waals surface area contributed by atoms with Crippen molar-refractivity contribution in [1.29, 1.82) is 0 Å². The molecule has 1 aliphatic rings. The van der Waals surface area contributed by atoms with Gasteiger partial charge in [0.15, 0.2) is 0 Å². The number of unbranched alkanes of at least 4 members (excludes halogenated alkanes) is 1. The monoisotopic (exact) mass is 540 g/mol. The number of nitrogens with one attached hydrogen (secondary N) is 1. The Balaban J connectivity index is 1.73. The summed E-state index contributed by atoms with van der Waals surface area (Å²) >= 11 is 1.55. The van der Waals surface area contributed by atoms with Crippen molar-refractivity contribution >= 4 is 29.4 Å². The quantitative estimate of drug-likeness (QED) is 0.130. The maximum atomic E-state index is 13.3. The standard InChI is InChI=1S/C28H32N2O7S/c1-18-24(27(32)36-3)26(21-8-6-9-22(17-21)30(34)35)25(19(2)29-18)28(33)37-15-16-38-23-12-10-20(11-13-23)7-4-5-14-31/h6,8-13,17,26,29,31H,4-5,7,14-16H2,1-3H3. The molecule has 2 aromatic rings. The van der Waals surface area contributed by atoms with E-state index < -0.39 is 22.8 Å². The molecule has 38 heavy (non-hydrogen) atoms. The molecule has 0 saturated heterocycles. The van der Waals surface area contributed by atoms with Gasteiger partial charge in [0.25, 0.3) is 5.69 Å². The van der Waals surface area contributed by atoms with Crippen molar-refractivity contribution in [3.63, 3.8) is 0 Å². The minimum Gasteiger partial charge on any atom is -0.466 e. The van der Waals surface area contributed by atoms with Crippen molar-refractivity contribution in [3.05, 3.63) is 92.3 Å². The summed E-state index contributed by atoms with van der Waals surface area (Å²) in [5, 5.41) is 23.4. The van der Waals surface area contributed by atoms with E-state index in [1.165, 1.54) is 30.9 Å². The molecule has 2 N–H and O–H groups in total. The lowest BCUT2D eigenvalue weighted by Gasteiger charge is -2.30. The lowest BCUT2D eigenvalue weighted by molar-refractivity contribution is -0.384. The van der Waals surface area contributed by atoms with Crippen molar-refractivity contribution in [2.45, 2.75) is 43.9 Å². The van der Waals surface area contributed by atoms with Gasteiger partial charge in [0.05, 0.1) is 29.1 Å². The lowest BCUT2D eigenvalue weighted by Crippen LogP contribution is -2.32. The number of rotatable bonds is 12. The fourth-order valence-corrected chi connectivity index (χ4v) is 5.09. The molecular formula is C28H32N2O7S. The number of thioether (sulfide) groups is 1. The number of aliphatic hydroxyl groups excluding tert-OH is 1. The number of esters is 2. The molecule has 0 bridgehead atoms. The highest BCUT2D eigenvalue weighted by molar-refractivity contribution is 7.99. The number of benzene rings is 2. The van der Waals surface area contributed by atoms with Gasteiger partial charge < -0.3 is 19.9 Å². The summed E-state index contributed by atoms with van der Waals surface area (Å²) < 4.78 is 10.6. The molecule has 1 unspecified atom stereocenters. The number of carbonyl (C=O) groups excluding carboxylic acids is 2. The highest BCUT2D eigenvalue weighted by atomic mass is 32.2. The minimum atomic E-state index is -0.887. The van der Waals surface area contributed by atoms with Gasteiger partial charge in [0, 0.05) is 40.8 Å². The Hall–Kier alpha value is -3.63. The third kappa shape index (κ3) is 7.23. The molecule has 2 aromatic carbocycles. The van der Waals surface area contributed by atoms with Crippen LogP contribution in [0.2, 0.25) is 0 Å². The zero-order valence-corrected chi connectivity index (χ0v) is 22.5. The van der Waals surface area contributed by atoms with Gasteiger partial charge in [-0.25, -0.2) is 9.59 Å². The van der Waals surface area contributed by atoms with Crippen molar-refractivity contribution in [2.75, 3.05) is 26.1 Å². The second-order valence-corrected chi connectivity index (χ2v) is 9.96. The number of ether oxygens (including phenoxy) is 2. The van der Waals surface area contributed by atoms with E-state index in [0.29, 0.717) is 22.7 Å². The number of aliphatic hydroxyl groups is 1. The van der Waals surface area contributed by atoms with E-state index in [0.717, 1.165) is 24.2 Å². The molecule has 3 rings (SSSR count). The van der Waals surface area contributed by atoms with Crippen molar-refractivity contribution in [3.8, 4) is 0 Å². The molecule has 202 valence electrons. The zero-order chi connectivity index (χ0) is 27.7. The number of allylic oxidation sites excluding steroid dienone is 2. The molecule has 9 nitrogen and oxygen atoms in total. The number of aryl methyl sites for hydroxylation is 1. The van der Waals surface area contributed by atoms with Gasteiger partial charge in [-0.3, -0.25) is 10.1 Å². The summed E-state index contributed by atoms with van der Waals surface area (Å²) in [6.45, 7) is 3.73. The van der Waals surface area contributed by atoms with Crippen LogP contribution in [-0.4, -0.2) is 48.0 Å². The Bertz CT molecular complexity index is 1240. The van der Waals surface area contributed by atoms with Crippen LogP contribution in [0.25, 0.3) is 0 Å². The number of carbonyl (C=O) groups is 2. The van der Waals surface area contributed by atoms with Crippen LogP contribution in [0.4, 0.5) is 5.69 Å². The first-order valence-corrected chi connectivity index (χ1v) is 13.3. The summed E-state index contributed by atoms with van der Waals surface area (Å²) in [6, 6.07) is 14.0. The third-order valence-corrected chi connectivity index (χ3v) is 7.16. The topological polar surface area (TPSA) is 128 Å². The minimum absolute atomic E-state index is 0.135. The Labute approximate surface area is 226 Å². The molecular weight excluding hydrogens is 508 g/mol. The molecule has 1 heterocycles. The molecule has 10 heteroatoms. The van der Waals surface area contributed by atoms with Crippen LogP contribution in [0.1, 0.15) is 43.7 Å². The van der Waals surface area contributed by atoms with E-state index in [2.05, 4.69) is 17.4 Å². The van der Waals surface area contributed by atoms with Crippen LogP contribution in [0.3, 0.4) is 0 Å². The van der Waals surface area contributed by atoms with E-state index in [4.69, 9.17) is 14.6 Å². The van der Waals surface area contributed by atoms with Crippen LogP contribution in [0.15, 0.2) is 76.0 Å². The normalized spacial score (nSPS) is 15.2. The van der Waals surface area contributed by atoms with Gasteiger partial charge >= 0.3 is 11.9 Å². The summed E-state index contributed by atoms with van der Waals surface area (Å²) in [6.07, 6.45) is 2.64. The Morgan fingerprint density at radius 2 is 1.74 bits per heavy atom. The average Bonchev–Trinajstić information content (AvgIpc) is 2.91. The molecule has 1 atom stereocenters. The molecule has 0 spiro atoms. The van der Waals surface area contributed by atoms with Crippen LogP contribution < -0.4 is 5.32 Å². The molecule has 0 radical (unpaired) electrons. The van der Waals surface area contributed by atoms with E-state index in [-0.39, 0.29) is 30.0 Å². The lowest BCUT2D eigenvalue weighted by atomic mass is 9.80. The van der Waals surface area contributed by atoms with Crippen molar-refractivity contribution in [2.24, 2.45) is 0 Å². The van der Waals surface area contributed by atoms with E-state index in [9.17, 15) is 19.7 Å². The van der Waals surface area contributed by atoms with Crippen molar-refractivity contribution in [1.82, 2.24) is 5.32 Å². The van der Waals surface area contributed by atoms with Gasteiger partial charge in [-0.1, -0.05) is 24.3 Å². The van der Waals surface area contributed by atoms with Gasteiger partial charge in [0.2, 0.25) is 0 Å². The van der Waals surface area contributed by atoms with Gasteiger partial charge in [-0.05, 0) is 56.4 Å². The largest absolute Gasteiger partial charge is 0.466 e. The molecule has 0 amide bonds. The van der Waals surface area contributed by atoms with E-state index >= 15 is 0 Å². The smallest absolute Gasteiger partial charge is 0.336 e. The second-order valence-electron chi connectivity index (χ2n) is 8.79. The first-order chi connectivity index (χ1) is 18.3. The SMILES string of the molecule is COC(=O)C1=C(C)NC(C)=C(C(=O)OCCSc2ccc(CCCCO)cc2)C1c1cccc([N+](=O)[O-])c1. The number of hydrogen-bond acceptors (Lipinski definition) is 9. The predicted molar refractivity (Wildman–Crippen MR) is 145 cm³/mol. The summed E-state index contributed by atoms with van der Waals surface area (Å²) in [5.41, 5.74) is 2.87.